The molecular weight excluding hydrogens is 1010 g/mol. The van der Waals surface area contributed by atoms with Gasteiger partial charge in [0.1, 0.15) is 13.2 Å². The highest BCUT2D eigenvalue weighted by Gasteiger charge is 2.23. The number of amides is 1. The molecule has 3 atom stereocenters. The van der Waals surface area contributed by atoms with E-state index in [0.29, 0.717) is 17.4 Å². The van der Waals surface area contributed by atoms with Gasteiger partial charge in [-0.3, -0.25) is 9.36 Å². The number of quaternary nitrogens is 1. The second-order valence-corrected chi connectivity index (χ2v) is 26.7. The van der Waals surface area contributed by atoms with Crippen LogP contribution in [0, 0.1) is 0 Å². The van der Waals surface area contributed by atoms with Crippen molar-refractivity contribution in [1.82, 2.24) is 5.32 Å². The Morgan fingerprint density at radius 2 is 0.725 bits per heavy atom. The number of carbonyl (C=O) groups is 1. The molecule has 0 aliphatic carbocycles. The molecule has 0 aliphatic rings. The van der Waals surface area contributed by atoms with E-state index >= 15 is 0 Å². The minimum atomic E-state index is -4.60. The van der Waals surface area contributed by atoms with Crippen molar-refractivity contribution < 1.29 is 32.9 Å². The maximum Gasteiger partial charge on any atom is 0.268 e. The molecule has 0 aliphatic heterocycles. The summed E-state index contributed by atoms with van der Waals surface area (Å²) in [6.07, 6.45) is 83.7. The van der Waals surface area contributed by atoms with Crippen LogP contribution in [0.3, 0.4) is 0 Å². The number of allylic oxidation sites excluding steroid dienone is 7. The molecule has 0 radical (unpaired) electrons. The van der Waals surface area contributed by atoms with Gasteiger partial charge in [0.2, 0.25) is 5.91 Å². The van der Waals surface area contributed by atoms with E-state index in [1.807, 2.05) is 27.2 Å². The van der Waals surface area contributed by atoms with E-state index in [1.165, 1.54) is 276 Å². The Kier molecular flexibility index (Phi) is 60.8. The molecule has 8 nitrogen and oxygen atoms in total. The lowest BCUT2D eigenvalue weighted by Crippen LogP contribution is -2.45. The van der Waals surface area contributed by atoms with E-state index < -0.39 is 20.0 Å². The summed E-state index contributed by atoms with van der Waals surface area (Å²) in [6, 6.07) is -0.889. The van der Waals surface area contributed by atoms with Gasteiger partial charge in [-0.15, -0.1) is 0 Å². The third-order valence-electron chi connectivity index (χ3n) is 16.0. The average molecular weight is 1150 g/mol. The fourth-order valence-corrected chi connectivity index (χ4v) is 11.3. The van der Waals surface area contributed by atoms with Crippen molar-refractivity contribution in [3.05, 3.63) is 48.6 Å². The number of aliphatic hydroxyl groups excluding tert-OH is 1. The van der Waals surface area contributed by atoms with Gasteiger partial charge in [0.25, 0.3) is 7.82 Å². The minimum absolute atomic E-state index is 0.000725. The Hall–Kier alpha value is -1.54. The van der Waals surface area contributed by atoms with Gasteiger partial charge in [-0.1, -0.05) is 332 Å². The summed E-state index contributed by atoms with van der Waals surface area (Å²) in [5.74, 6) is -0.193. The standard InChI is InChI=1S/C71H137N2O6P/c1-6-8-10-12-14-16-18-20-22-24-26-28-30-32-34-36-38-40-42-44-46-48-50-52-54-56-58-60-62-64-70(74)69(68-79-80(76,77)78-67-66-73(3,4)5)72-71(75)65-63-61-59-57-55-53-51-49-47-45-43-41-39-37-35-33-31-29-27-25-23-21-19-17-15-13-11-9-7-2/h19,21,25,27,31,33,62,64,69-70,74H,6-18,20,22-24,26,28-30,32,34-61,63,65-68H2,1-5H3,(H-,72,75,76,77)/b21-19-,27-25-,33-31-,64-62+. The van der Waals surface area contributed by atoms with Crippen LogP contribution < -0.4 is 10.2 Å². The molecule has 0 fully saturated rings. The lowest BCUT2D eigenvalue weighted by molar-refractivity contribution is -0.870. The Morgan fingerprint density at radius 1 is 0.438 bits per heavy atom. The van der Waals surface area contributed by atoms with Crippen LogP contribution in [0.4, 0.5) is 0 Å². The number of carbonyl (C=O) groups excluding carboxylic acids is 1. The first kappa shape index (κ1) is 78.5. The van der Waals surface area contributed by atoms with Crippen LogP contribution in [0.1, 0.15) is 348 Å². The number of hydrogen-bond donors (Lipinski definition) is 2. The molecule has 9 heteroatoms. The number of unbranched alkanes of at least 4 members (excludes halogenated alkanes) is 46. The van der Waals surface area contributed by atoms with Crippen LogP contribution in [0.2, 0.25) is 0 Å². The summed E-state index contributed by atoms with van der Waals surface area (Å²) < 4.78 is 23.5. The first-order chi connectivity index (χ1) is 39.0. The zero-order valence-electron chi connectivity index (χ0n) is 54.0. The number of rotatable bonds is 65. The van der Waals surface area contributed by atoms with Crippen molar-refractivity contribution in [2.24, 2.45) is 0 Å². The molecule has 2 N–H and O–H groups in total. The van der Waals surface area contributed by atoms with Crippen molar-refractivity contribution in [1.29, 1.82) is 0 Å². The smallest absolute Gasteiger partial charge is 0.268 e. The zero-order chi connectivity index (χ0) is 58.4. The van der Waals surface area contributed by atoms with Gasteiger partial charge in [0, 0.05) is 6.42 Å². The number of hydrogen-bond acceptors (Lipinski definition) is 6. The molecule has 0 saturated heterocycles. The minimum Gasteiger partial charge on any atom is -0.756 e. The predicted octanol–water partition coefficient (Wildman–Crippen LogP) is 21.6. The van der Waals surface area contributed by atoms with Gasteiger partial charge in [-0.25, -0.2) is 0 Å². The summed E-state index contributed by atoms with van der Waals surface area (Å²) in [5.41, 5.74) is 0. The Morgan fingerprint density at radius 3 is 1.05 bits per heavy atom. The molecule has 80 heavy (non-hydrogen) atoms. The van der Waals surface area contributed by atoms with Crippen LogP contribution in [0.5, 0.6) is 0 Å². The lowest BCUT2D eigenvalue weighted by atomic mass is 10.0. The first-order valence-corrected chi connectivity index (χ1v) is 36.5. The molecule has 0 heterocycles. The van der Waals surface area contributed by atoms with E-state index in [2.05, 4.69) is 55.6 Å². The average Bonchev–Trinajstić information content (AvgIpc) is 3.42. The second kappa shape index (κ2) is 62.0. The van der Waals surface area contributed by atoms with Crippen LogP contribution in [0.15, 0.2) is 48.6 Å². The first-order valence-electron chi connectivity index (χ1n) is 35.0. The van der Waals surface area contributed by atoms with Gasteiger partial charge in [-0.05, 0) is 57.8 Å². The molecule has 0 aromatic heterocycles. The summed E-state index contributed by atoms with van der Waals surface area (Å²) >= 11 is 0. The van der Waals surface area contributed by atoms with Gasteiger partial charge in [0.15, 0.2) is 0 Å². The summed E-state index contributed by atoms with van der Waals surface area (Å²) in [7, 11) is 1.27. The Balaban J connectivity index is 4.07. The molecule has 472 valence electrons. The molecule has 0 aromatic carbocycles. The SMILES string of the molecule is CCCCCCC/C=C\C/C=C\C/C=C\CCCCCCCCCCCCCCCCC(=O)NC(COP(=O)([O-])OCC[N+](C)(C)C)C(O)/C=C/CCCCCCCCCCCCCCCCCCCCCCCCCCCCC. The fraction of sp³-hybridized carbons (Fsp3) is 0.873. The number of nitrogens with zero attached hydrogens (tertiary/aromatic N) is 1. The molecule has 0 rings (SSSR count). The van der Waals surface area contributed by atoms with E-state index in [-0.39, 0.29) is 19.1 Å². The molecular formula is C71H137N2O6P. The third-order valence-corrected chi connectivity index (χ3v) is 17.0. The monoisotopic (exact) mass is 1150 g/mol. The maximum atomic E-state index is 13.0. The number of likely N-dealkylation sites (N-methyl/N-ethyl adjacent to an activating group) is 1. The zero-order valence-corrected chi connectivity index (χ0v) is 54.9. The maximum absolute atomic E-state index is 13.0. The van der Waals surface area contributed by atoms with Crippen molar-refractivity contribution in [3.63, 3.8) is 0 Å². The summed E-state index contributed by atoms with van der Waals surface area (Å²) in [4.78, 5) is 25.6. The molecule has 0 saturated carbocycles. The predicted molar refractivity (Wildman–Crippen MR) is 348 cm³/mol. The van der Waals surface area contributed by atoms with E-state index in [1.54, 1.807) is 6.08 Å². The third kappa shape index (κ3) is 64.0. The molecule has 1 amide bonds. The highest BCUT2D eigenvalue weighted by atomic mass is 31.2. The van der Waals surface area contributed by atoms with Crippen LogP contribution in [-0.4, -0.2) is 68.5 Å². The Labute approximate surface area is 499 Å². The van der Waals surface area contributed by atoms with E-state index in [0.717, 1.165) is 51.4 Å². The molecule has 0 aromatic rings. The molecule has 3 unspecified atom stereocenters. The summed E-state index contributed by atoms with van der Waals surface area (Å²) in [5, 5.41) is 14.0. The van der Waals surface area contributed by atoms with Crippen LogP contribution >= 0.6 is 7.82 Å². The number of phosphoric acid groups is 1. The Bertz CT molecular complexity index is 1440. The van der Waals surface area contributed by atoms with Crippen molar-refractivity contribution in [3.8, 4) is 0 Å². The van der Waals surface area contributed by atoms with Crippen molar-refractivity contribution in [2.45, 2.75) is 360 Å². The summed E-state index contributed by atoms with van der Waals surface area (Å²) in [6.45, 7) is 4.69. The van der Waals surface area contributed by atoms with Crippen molar-refractivity contribution >= 4 is 13.7 Å². The number of aliphatic hydroxyl groups is 1. The quantitative estimate of drug-likeness (QED) is 0.0272. The molecule has 0 bridgehead atoms. The normalized spacial score (nSPS) is 13.9. The second-order valence-electron chi connectivity index (χ2n) is 25.2. The fourth-order valence-electron chi connectivity index (χ4n) is 10.6. The highest BCUT2D eigenvalue weighted by Crippen LogP contribution is 2.38. The van der Waals surface area contributed by atoms with Gasteiger partial charge >= 0.3 is 0 Å². The molecule has 0 spiro atoms. The van der Waals surface area contributed by atoms with Gasteiger partial charge < -0.3 is 28.8 Å². The number of phosphoric ester groups is 1. The number of nitrogens with one attached hydrogen (secondary N) is 1. The van der Waals surface area contributed by atoms with E-state index in [4.69, 9.17) is 9.05 Å². The van der Waals surface area contributed by atoms with Crippen LogP contribution in [0.25, 0.3) is 0 Å². The highest BCUT2D eigenvalue weighted by molar-refractivity contribution is 7.45. The van der Waals surface area contributed by atoms with Gasteiger partial charge in [0.05, 0.1) is 39.9 Å². The van der Waals surface area contributed by atoms with Crippen LogP contribution in [-0.2, 0) is 18.4 Å². The lowest BCUT2D eigenvalue weighted by Gasteiger charge is -2.29. The topological polar surface area (TPSA) is 108 Å². The largest absolute Gasteiger partial charge is 0.756 e. The van der Waals surface area contributed by atoms with E-state index in [9.17, 15) is 19.4 Å². The van der Waals surface area contributed by atoms with Gasteiger partial charge in [-0.2, -0.15) is 0 Å². The van der Waals surface area contributed by atoms with Crippen molar-refractivity contribution in [2.75, 3.05) is 40.9 Å².